The van der Waals surface area contributed by atoms with E-state index in [1.807, 2.05) is 17.5 Å². The Kier molecular flexibility index (Phi) is 2.41. The molecule has 0 radical (unpaired) electrons. The van der Waals surface area contributed by atoms with Crippen molar-refractivity contribution in [3.63, 3.8) is 0 Å². The van der Waals surface area contributed by atoms with E-state index in [0.29, 0.717) is 12.8 Å². The van der Waals surface area contributed by atoms with Gasteiger partial charge in [-0.3, -0.25) is 0 Å². The van der Waals surface area contributed by atoms with Gasteiger partial charge in [0.25, 0.3) is 0 Å². The lowest BCUT2D eigenvalue weighted by Gasteiger charge is -2.19. The maximum Gasteiger partial charge on any atom is 0.153 e. The van der Waals surface area contributed by atoms with Gasteiger partial charge in [-0.15, -0.1) is 11.3 Å². The van der Waals surface area contributed by atoms with E-state index >= 15 is 0 Å². The molecule has 0 saturated carbocycles. The summed E-state index contributed by atoms with van der Waals surface area (Å²) in [6, 6.07) is 3.83. The van der Waals surface area contributed by atoms with Gasteiger partial charge in [0.1, 0.15) is 0 Å². The molecule has 1 atom stereocenters. The smallest absolute Gasteiger partial charge is 0.153 e. The van der Waals surface area contributed by atoms with Gasteiger partial charge in [0.05, 0.1) is 17.1 Å². The van der Waals surface area contributed by atoms with E-state index in [4.69, 9.17) is 0 Å². The Morgan fingerprint density at radius 2 is 2.36 bits per heavy atom. The van der Waals surface area contributed by atoms with Crippen LogP contribution in [0.1, 0.15) is 11.3 Å². The molecule has 3 nitrogen and oxygen atoms in total. The van der Waals surface area contributed by atoms with E-state index in [1.165, 1.54) is 0 Å². The fraction of sp³-hybridized carbons (Fsp3) is 0.556. The van der Waals surface area contributed by atoms with Crippen LogP contribution in [0.5, 0.6) is 0 Å². The molecular weight excluding hydrogens is 220 g/mol. The summed E-state index contributed by atoms with van der Waals surface area (Å²) in [4.78, 5) is 1.05. The number of hydrogen-bond donors (Lipinski definition) is 1. The molecule has 1 N–H and O–H groups in total. The van der Waals surface area contributed by atoms with Gasteiger partial charge in [0.15, 0.2) is 9.84 Å². The fourth-order valence-corrected chi connectivity index (χ4v) is 4.52. The molecule has 2 rings (SSSR count). The first-order valence-corrected chi connectivity index (χ1v) is 7.14. The zero-order valence-corrected chi connectivity index (χ0v) is 9.27. The third kappa shape index (κ3) is 2.16. The standard InChI is InChI=1S/C9H12O3S2/c10-9(3-5-14(11,12)7-9)6-8-2-1-4-13-8/h1-2,4,10H,3,5-7H2. The maximum absolute atomic E-state index is 11.2. The van der Waals surface area contributed by atoms with Crippen molar-refractivity contribution in [2.24, 2.45) is 0 Å². The Morgan fingerprint density at radius 1 is 1.57 bits per heavy atom. The van der Waals surface area contributed by atoms with Crippen LogP contribution in [-0.4, -0.2) is 30.6 Å². The van der Waals surface area contributed by atoms with Crippen molar-refractivity contribution in [1.82, 2.24) is 0 Å². The number of sulfone groups is 1. The van der Waals surface area contributed by atoms with Crippen LogP contribution < -0.4 is 0 Å². The molecule has 2 heterocycles. The van der Waals surface area contributed by atoms with Crippen molar-refractivity contribution >= 4 is 21.2 Å². The number of aliphatic hydroxyl groups is 1. The Hall–Kier alpha value is -0.390. The van der Waals surface area contributed by atoms with Gasteiger partial charge in [0.2, 0.25) is 0 Å². The normalized spacial score (nSPS) is 30.6. The summed E-state index contributed by atoms with van der Waals surface area (Å²) in [5, 5.41) is 12.0. The summed E-state index contributed by atoms with van der Waals surface area (Å²) >= 11 is 1.55. The van der Waals surface area contributed by atoms with Crippen LogP contribution in [0.25, 0.3) is 0 Å². The SMILES string of the molecule is O=S1(=O)CCC(O)(Cc2cccs2)C1. The maximum atomic E-state index is 11.2. The first-order valence-electron chi connectivity index (χ1n) is 4.44. The van der Waals surface area contributed by atoms with Gasteiger partial charge in [0, 0.05) is 11.3 Å². The van der Waals surface area contributed by atoms with E-state index < -0.39 is 15.4 Å². The van der Waals surface area contributed by atoms with Gasteiger partial charge in [-0.25, -0.2) is 8.42 Å². The highest BCUT2D eigenvalue weighted by Gasteiger charge is 2.40. The van der Waals surface area contributed by atoms with Gasteiger partial charge < -0.3 is 5.11 Å². The molecule has 0 aromatic carbocycles. The third-order valence-electron chi connectivity index (χ3n) is 2.45. The summed E-state index contributed by atoms with van der Waals surface area (Å²) in [6.07, 6.45) is 0.830. The topological polar surface area (TPSA) is 54.4 Å². The zero-order chi connectivity index (χ0) is 10.2. The van der Waals surface area contributed by atoms with Crippen LogP contribution in [0.2, 0.25) is 0 Å². The Bertz CT molecular complexity index is 407. The van der Waals surface area contributed by atoms with Crippen molar-refractivity contribution < 1.29 is 13.5 Å². The molecule has 78 valence electrons. The van der Waals surface area contributed by atoms with Crippen molar-refractivity contribution in [2.75, 3.05) is 11.5 Å². The number of rotatable bonds is 2. The lowest BCUT2D eigenvalue weighted by molar-refractivity contribution is 0.0690. The van der Waals surface area contributed by atoms with Crippen LogP contribution in [0.15, 0.2) is 17.5 Å². The molecule has 14 heavy (non-hydrogen) atoms. The highest BCUT2D eigenvalue weighted by Crippen LogP contribution is 2.28. The van der Waals surface area contributed by atoms with Crippen LogP contribution in [0, 0.1) is 0 Å². The minimum absolute atomic E-state index is 0.0854. The highest BCUT2D eigenvalue weighted by molar-refractivity contribution is 7.91. The summed E-state index contributed by atoms with van der Waals surface area (Å²) in [6.45, 7) is 0. The fourth-order valence-electron chi connectivity index (χ4n) is 1.78. The highest BCUT2D eigenvalue weighted by atomic mass is 32.2. The predicted molar refractivity (Wildman–Crippen MR) is 56.2 cm³/mol. The molecule has 1 aromatic rings. The number of hydrogen-bond acceptors (Lipinski definition) is 4. The van der Waals surface area contributed by atoms with E-state index in [0.717, 1.165) is 4.88 Å². The average molecular weight is 232 g/mol. The minimum atomic E-state index is -3.00. The van der Waals surface area contributed by atoms with Gasteiger partial charge in [-0.1, -0.05) is 6.07 Å². The second kappa shape index (κ2) is 3.32. The van der Waals surface area contributed by atoms with Crippen LogP contribution in [0.4, 0.5) is 0 Å². The van der Waals surface area contributed by atoms with E-state index in [9.17, 15) is 13.5 Å². The second-order valence-electron chi connectivity index (χ2n) is 3.82. The summed E-state index contributed by atoms with van der Waals surface area (Å²) in [5.74, 6) is 0.0345. The molecule has 1 fully saturated rings. The lowest BCUT2D eigenvalue weighted by atomic mass is 9.98. The van der Waals surface area contributed by atoms with Crippen LogP contribution in [0.3, 0.4) is 0 Å². The average Bonchev–Trinajstić information content (AvgIpc) is 2.60. The molecule has 1 aromatic heterocycles. The van der Waals surface area contributed by atoms with Crippen LogP contribution >= 0.6 is 11.3 Å². The van der Waals surface area contributed by atoms with Gasteiger partial charge >= 0.3 is 0 Å². The van der Waals surface area contributed by atoms with Gasteiger partial charge in [-0.2, -0.15) is 0 Å². The van der Waals surface area contributed by atoms with Crippen molar-refractivity contribution in [2.45, 2.75) is 18.4 Å². The quantitative estimate of drug-likeness (QED) is 0.822. The second-order valence-corrected chi connectivity index (χ2v) is 7.04. The molecule has 1 aliphatic rings. The van der Waals surface area contributed by atoms with Crippen molar-refractivity contribution in [3.8, 4) is 0 Å². The Morgan fingerprint density at radius 3 is 2.86 bits per heavy atom. The van der Waals surface area contributed by atoms with E-state index in [1.54, 1.807) is 11.3 Å². The largest absolute Gasteiger partial charge is 0.388 e. The first-order chi connectivity index (χ1) is 6.49. The zero-order valence-electron chi connectivity index (χ0n) is 7.64. The molecule has 5 heteroatoms. The monoisotopic (exact) mass is 232 g/mol. The minimum Gasteiger partial charge on any atom is -0.388 e. The Labute approximate surface area is 87.3 Å². The molecule has 1 aliphatic heterocycles. The molecule has 0 amide bonds. The number of thiophene rings is 1. The summed E-state index contributed by atoms with van der Waals surface area (Å²) in [7, 11) is -3.00. The third-order valence-corrected chi connectivity index (χ3v) is 5.13. The molecular formula is C9H12O3S2. The summed E-state index contributed by atoms with van der Waals surface area (Å²) in [5.41, 5.74) is -1.02. The van der Waals surface area contributed by atoms with E-state index in [2.05, 4.69) is 0 Å². The molecule has 0 aliphatic carbocycles. The van der Waals surface area contributed by atoms with Crippen LogP contribution in [-0.2, 0) is 16.3 Å². The molecule has 1 saturated heterocycles. The van der Waals surface area contributed by atoms with Gasteiger partial charge in [-0.05, 0) is 17.9 Å². The summed E-state index contributed by atoms with van der Waals surface area (Å²) < 4.78 is 22.4. The molecule has 0 spiro atoms. The molecule has 1 unspecified atom stereocenters. The molecule has 0 bridgehead atoms. The predicted octanol–water partition coefficient (Wildman–Crippen LogP) is 0.840. The first kappa shape index (κ1) is 10.1. The van der Waals surface area contributed by atoms with Crippen molar-refractivity contribution in [1.29, 1.82) is 0 Å². The van der Waals surface area contributed by atoms with E-state index in [-0.39, 0.29) is 11.5 Å². The Balaban J connectivity index is 2.12. The van der Waals surface area contributed by atoms with Crippen molar-refractivity contribution in [3.05, 3.63) is 22.4 Å². The lowest BCUT2D eigenvalue weighted by Crippen LogP contribution is -2.32.